The van der Waals surface area contributed by atoms with E-state index in [2.05, 4.69) is 25.3 Å². The maximum atomic E-state index is 11.4. The molecule has 20 heavy (non-hydrogen) atoms. The van der Waals surface area contributed by atoms with Gasteiger partial charge in [-0.15, -0.1) is 0 Å². The first-order chi connectivity index (χ1) is 9.67. The van der Waals surface area contributed by atoms with E-state index < -0.39 is 10.8 Å². The van der Waals surface area contributed by atoms with Gasteiger partial charge in [-0.25, -0.2) is 9.97 Å². The Kier molecular flexibility index (Phi) is 3.66. The molecule has 7 nitrogen and oxygen atoms in total. The summed E-state index contributed by atoms with van der Waals surface area (Å²) in [6, 6.07) is 0. The SMILES string of the molecule is CNc1nc(CN2CCS(=O)CC2)nc2c1cnn2C. The molecule has 0 bridgehead atoms. The summed E-state index contributed by atoms with van der Waals surface area (Å²) in [5.74, 6) is 3.07. The van der Waals surface area contributed by atoms with Gasteiger partial charge in [0.1, 0.15) is 11.6 Å². The average molecular weight is 294 g/mol. The van der Waals surface area contributed by atoms with Crippen LogP contribution in [0.4, 0.5) is 5.82 Å². The highest BCUT2D eigenvalue weighted by molar-refractivity contribution is 7.85. The summed E-state index contributed by atoms with van der Waals surface area (Å²) in [4.78, 5) is 11.4. The fourth-order valence-corrected chi connectivity index (χ4v) is 3.49. The van der Waals surface area contributed by atoms with Crippen LogP contribution in [0.15, 0.2) is 6.20 Å². The lowest BCUT2D eigenvalue weighted by Crippen LogP contribution is -2.37. The predicted molar refractivity (Wildman–Crippen MR) is 79.0 cm³/mol. The number of fused-ring (bicyclic) bond motifs is 1. The third kappa shape index (κ3) is 2.53. The molecule has 1 N–H and O–H groups in total. The lowest BCUT2D eigenvalue weighted by molar-refractivity contribution is 0.284. The summed E-state index contributed by atoms with van der Waals surface area (Å²) in [5.41, 5.74) is 0.833. The molecule has 0 saturated carbocycles. The van der Waals surface area contributed by atoms with Crippen LogP contribution in [0.1, 0.15) is 5.82 Å². The zero-order chi connectivity index (χ0) is 14.1. The summed E-state index contributed by atoms with van der Waals surface area (Å²) >= 11 is 0. The van der Waals surface area contributed by atoms with E-state index in [4.69, 9.17) is 0 Å². The number of nitrogens with one attached hydrogen (secondary N) is 1. The first kappa shape index (κ1) is 13.4. The van der Waals surface area contributed by atoms with E-state index in [0.717, 1.165) is 47.3 Å². The first-order valence-corrected chi connectivity index (χ1v) is 8.10. The van der Waals surface area contributed by atoms with E-state index in [1.54, 1.807) is 10.9 Å². The van der Waals surface area contributed by atoms with Gasteiger partial charge < -0.3 is 5.32 Å². The molecule has 0 unspecified atom stereocenters. The van der Waals surface area contributed by atoms with Gasteiger partial charge in [0.2, 0.25) is 0 Å². The van der Waals surface area contributed by atoms with E-state index in [0.29, 0.717) is 6.54 Å². The molecule has 2 aromatic rings. The zero-order valence-corrected chi connectivity index (χ0v) is 12.5. The molecule has 2 aromatic heterocycles. The molecular formula is C12H18N6OS. The molecule has 0 aliphatic carbocycles. The maximum absolute atomic E-state index is 11.4. The van der Waals surface area contributed by atoms with Crippen LogP contribution in [0.5, 0.6) is 0 Å². The van der Waals surface area contributed by atoms with Gasteiger partial charge in [0.05, 0.1) is 18.1 Å². The van der Waals surface area contributed by atoms with Crippen molar-refractivity contribution in [2.24, 2.45) is 7.05 Å². The van der Waals surface area contributed by atoms with Crippen LogP contribution in [0, 0.1) is 0 Å². The van der Waals surface area contributed by atoms with Gasteiger partial charge in [-0.1, -0.05) is 0 Å². The topological polar surface area (TPSA) is 75.9 Å². The number of nitrogens with zero attached hydrogens (tertiary/aromatic N) is 5. The Bertz CT molecular complexity index is 645. The molecule has 1 saturated heterocycles. The Balaban J connectivity index is 1.87. The Morgan fingerprint density at radius 1 is 1.35 bits per heavy atom. The van der Waals surface area contributed by atoms with Crippen LogP contribution in [0.25, 0.3) is 11.0 Å². The zero-order valence-electron chi connectivity index (χ0n) is 11.7. The van der Waals surface area contributed by atoms with Gasteiger partial charge in [-0.05, 0) is 0 Å². The van der Waals surface area contributed by atoms with Crippen LogP contribution in [0.3, 0.4) is 0 Å². The highest BCUT2D eigenvalue weighted by Crippen LogP contribution is 2.19. The third-order valence-corrected chi connectivity index (χ3v) is 4.79. The number of aryl methyl sites for hydroxylation is 1. The summed E-state index contributed by atoms with van der Waals surface area (Å²) in [5, 5.41) is 8.25. The standard InChI is InChI=1S/C12H18N6OS/c1-13-11-9-7-14-17(2)12(9)16-10(15-11)8-18-3-5-20(19)6-4-18/h7H,3-6,8H2,1-2H3,(H,13,15,16). The maximum Gasteiger partial charge on any atom is 0.163 e. The van der Waals surface area contributed by atoms with Crippen LogP contribution < -0.4 is 5.32 Å². The van der Waals surface area contributed by atoms with E-state index in [-0.39, 0.29) is 0 Å². The number of anilines is 1. The van der Waals surface area contributed by atoms with Gasteiger partial charge in [-0.2, -0.15) is 5.10 Å². The molecule has 3 rings (SSSR count). The molecule has 0 atom stereocenters. The van der Waals surface area contributed by atoms with E-state index >= 15 is 0 Å². The second-order valence-corrected chi connectivity index (χ2v) is 6.56. The lowest BCUT2D eigenvalue weighted by atomic mass is 10.3. The summed E-state index contributed by atoms with van der Waals surface area (Å²) in [6.45, 7) is 2.37. The summed E-state index contributed by atoms with van der Waals surface area (Å²) in [6.07, 6.45) is 1.77. The molecule has 0 radical (unpaired) electrons. The van der Waals surface area contributed by atoms with E-state index in [1.165, 1.54) is 0 Å². The third-order valence-electron chi connectivity index (χ3n) is 3.51. The van der Waals surface area contributed by atoms with Gasteiger partial charge >= 0.3 is 0 Å². The van der Waals surface area contributed by atoms with Crippen molar-refractivity contribution < 1.29 is 4.21 Å². The van der Waals surface area contributed by atoms with Crippen molar-refractivity contribution in [2.75, 3.05) is 37.0 Å². The molecule has 0 spiro atoms. The minimum atomic E-state index is -0.653. The fourth-order valence-electron chi connectivity index (χ4n) is 2.36. The Morgan fingerprint density at radius 2 is 2.10 bits per heavy atom. The Hall–Kier alpha value is -1.54. The molecule has 1 fully saturated rings. The number of rotatable bonds is 3. The predicted octanol–water partition coefficient (Wildman–Crippen LogP) is -0.0307. The van der Waals surface area contributed by atoms with Crippen molar-refractivity contribution in [3.63, 3.8) is 0 Å². The van der Waals surface area contributed by atoms with Crippen molar-refractivity contribution in [2.45, 2.75) is 6.54 Å². The molecule has 1 aliphatic heterocycles. The molecule has 3 heterocycles. The van der Waals surface area contributed by atoms with Crippen LogP contribution in [0.2, 0.25) is 0 Å². The molecule has 108 valence electrons. The fraction of sp³-hybridized carbons (Fsp3) is 0.583. The Morgan fingerprint density at radius 3 is 2.80 bits per heavy atom. The molecular weight excluding hydrogens is 276 g/mol. The normalized spacial score (nSPS) is 17.7. The largest absolute Gasteiger partial charge is 0.372 e. The number of aromatic nitrogens is 4. The first-order valence-electron chi connectivity index (χ1n) is 6.61. The van der Waals surface area contributed by atoms with Gasteiger partial charge in [-0.3, -0.25) is 13.8 Å². The summed E-state index contributed by atoms with van der Waals surface area (Å²) in [7, 11) is 3.07. The highest BCUT2D eigenvalue weighted by Gasteiger charge is 2.18. The molecule has 0 aromatic carbocycles. The molecule has 1 aliphatic rings. The lowest BCUT2D eigenvalue weighted by Gasteiger charge is -2.25. The van der Waals surface area contributed by atoms with Crippen molar-refractivity contribution in [3.05, 3.63) is 12.0 Å². The van der Waals surface area contributed by atoms with Crippen LogP contribution in [-0.2, 0) is 24.4 Å². The van der Waals surface area contributed by atoms with Gasteiger partial charge in [0.15, 0.2) is 5.65 Å². The monoisotopic (exact) mass is 294 g/mol. The highest BCUT2D eigenvalue weighted by atomic mass is 32.2. The van der Waals surface area contributed by atoms with E-state index in [9.17, 15) is 4.21 Å². The van der Waals surface area contributed by atoms with Crippen LogP contribution >= 0.6 is 0 Å². The second kappa shape index (κ2) is 5.45. The van der Waals surface area contributed by atoms with Gasteiger partial charge in [0, 0.05) is 49.5 Å². The molecule has 0 amide bonds. The minimum absolute atomic E-state index is 0.653. The Labute approximate surface area is 119 Å². The van der Waals surface area contributed by atoms with Crippen molar-refractivity contribution >= 4 is 27.7 Å². The van der Waals surface area contributed by atoms with Gasteiger partial charge in [0.25, 0.3) is 0 Å². The molecule has 8 heteroatoms. The second-order valence-electron chi connectivity index (χ2n) is 4.87. The van der Waals surface area contributed by atoms with Crippen LogP contribution in [-0.4, -0.2) is 60.5 Å². The van der Waals surface area contributed by atoms with Crippen molar-refractivity contribution in [1.82, 2.24) is 24.6 Å². The average Bonchev–Trinajstić information content (AvgIpc) is 2.82. The quantitative estimate of drug-likeness (QED) is 0.857. The number of hydrogen-bond acceptors (Lipinski definition) is 6. The van der Waals surface area contributed by atoms with Crippen molar-refractivity contribution in [3.8, 4) is 0 Å². The number of hydrogen-bond donors (Lipinski definition) is 1. The summed E-state index contributed by atoms with van der Waals surface area (Å²) < 4.78 is 13.1. The van der Waals surface area contributed by atoms with E-state index in [1.807, 2.05) is 14.1 Å². The smallest absolute Gasteiger partial charge is 0.163 e. The van der Waals surface area contributed by atoms with Crippen molar-refractivity contribution in [1.29, 1.82) is 0 Å². The minimum Gasteiger partial charge on any atom is -0.372 e.